The van der Waals surface area contributed by atoms with Gasteiger partial charge in [-0.15, -0.1) is 0 Å². The second kappa shape index (κ2) is 4.50. The largest absolute Gasteiger partial charge is 0.354 e. The van der Waals surface area contributed by atoms with E-state index in [9.17, 15) is 14.4 Å². The Morgan fingerprint density at radius 1 is 1.16 bits per heavy atom. The zero-order chi connectivity index (χ0) is 13.4. The molecule has 2 aliphatic rings. The first kappa shape index (κ1) is 11.9. The summed E-state index contributed by atoms with van der Waals surface area (Å²) in [6, 6.07) is 6.41. The van der Waals surface area contributed by atoms with Crippen LogP contribution in [0.25, 0.3) is 0 Å². The predicted octanol–water partition coefficient (Wildman–Crippen LogP) is 0.490. The van der Waals surface area contributed by atoms with Crippen LogP contribution < -0.4 is 5.32 Å². The first-order valence-electron chi connectivity index (χ1n) is 6.40. The fraction of sp³-hybridized carbons (Fsp3) is 0.357. The summed E-state index contributed by atoms with van der Waals surface area (Å²) in [5.74, 6) is -0.869. The molecule has 5 heteroatoms. The van der Waals surface area contributed by atoms with E-state index in [1.54, 1.807) is 18.2 Å². The van der Waals surface area contributed by atoms with E-state index in [1.807, 2.05) is 6.07 Å². The van der Waals surface area contributed by atoms with Gasteiger partial charge in [0.2, 0.25) is 11.8 Å². The van der Waals surface area contributed by atoms with Crippen LogP contribution >= 0.6 is 0 Å². The van der Waals surface area contributed by atoms with Crippen LogP contribution in [0.15, 0.2) is 24.3 Å². The van der Waals surface area contributed by atoms with Crippen LogP contribution in [0.5, 0.6) is 0 Å². The number of hydrogen-bond acceptors (Lipinski definition) is 3. The number of nitrogens with zero attached hydrogens (tertiary/aromatic N) is 1. The standard InChI is InChI=1S/C14H14N2O3/c17-12-8-9-4-1-2-5-10(9)14(19)16(12)11-6-3-7-15-13(11)18/h1-2,4-5,11H,3,6-8H2,(H,15,18). The quantitative estimate of drug-likeness (QED) is 0.745. The number of benzene rings is 1. The average Bonchev–Trinajstić information content (AvgIpc) is 2.41. The number of nitrogens with one attached hydrogen (secondary N) is 1. The van der Waals surface area contributed by atoms with Gasteiger partial charge in [0, 0.05) is 12.1 Å². The highest BCUT2D eigenvalue weighted by atomic mass is 16.2. The van der Waals surface area contributed by atoms with Crippen LogP contribution in [0.1, 0.15) is 28.8 Å². The number of piperidine rings is 1. The highest BCUT2D eigenvalue weighted by Gasteiger charge is 2.39. The van der Waals surface area contributed by atoms with Crippen LogP contribution in [0.4, 0.5) is 0 Å². The van der Waals surface area contributed by atoms with Gasteiger partial charge in [0.15, 0.2) is 0 Å². The van der Waals surface area contributed by atoms with Crippen molar-refractivity contribution in [2.24, 2.45) is 0 Å². The number of imide groups is 1. The molecule has 5 nitrogen and oxygen atoms in total. The predicted molar refractivity (Wildman–Crippen MR) is 67.4 cm³/mol. The number of carbonyl (C=O) groups is 3. The molecular weight excluding hydrogens is 244 g/mol. The van der Waals surface area contributed by atoms with E-state index in [-0.39, 0.29) is 24.1 Å². The molecule has 1 atom stereocenters. The third-order valence-corrected chi connectivity index (χ3v) is 3.64. The van der Waals surface area contributed by atoms with Crippen molar-refractivity contribution < 1.29 is 14.4 Å². The molecule has 1 unspecified atom stereocenters. The normalized spacial score (nSPS) is 23.1. The van der Waals surface area contributed by atoms with Gasteiger partial charge in [-0.2, -0.15) is 0 Å². The van der Waals surface area contributed by atoms with E-state index in [4.69, 9.17) is 0 Å². The van der Waals surface area contributed by atoms with E-state index < -0.39 is 6.04 Å². The lowest BCUT2D eigenvalue weighted by atomic mass is 9.95. The Hall–Kier alpha value is -2.17. The van der Waals surface area contributed by atoms with Crippen LogP contribution in [0.3, 0.4) is 0 Å². The zero-order valence-electron chi connectivity index (χ0n) is 10.4. The SMILES string of the molecule is O=C1NCCCC1N1C(=O)Cc2ccccc2C1=O. The van der Waals surface area contributed by atoms with Gasteiger partial charge in [-0.1, -0.05) is 18.2 Å². The Kier molecular flexibility index (Phi) is 2.81. The molecule has 0 radical (unpaired) electrons. The van der Waals surface area contributed by atoms with Crippen molar-refractivity contribution in [3.05, 3.63) is 35.4 Å². The van der Waals surface area contributed by atoms with Crippen molar-refractivity contribution in [3.8, 4) is 0 Å². The number of amides is 3. The third-order valence-electron chi connectivity index (χ3n) is 3.64. The molecular formula is C14H14N2O3. The van der Waals surface area contributed by atoms with Crippen LogP contribution in [-0.4, -0.2) is 35.2 Å². The molecule has 98 valence electrons. The smallest absolute Gasteiger partial charge is 0.261 e. The summed E-state index contributed by atoms with van der Waals surface area (Å²) in [6.07, 6.45) is 1.52. The Morgan fingerprint density at radius 2 is 1.95 bits per heavy atom. The summed E-state index contributed by atoms with van der Waals surface area (Å²) in [6.45, 7) is 0.613. The minimum absolute atomic E-state index is 0.186. The Bertz CT molecular complexity index is 568. The lowest BCUT2D eigenvalue weighted by molar-refractivity contribution is -0.138. The molecule has 0 bridgehead atoms. The summed E-state index contributed by atoms with van der Waals surface area (Å²) in [5, 5.41) is 2.71. The van der Waals surface area contributed by atoms with Gasteiger partial charge < -0.3 is 5.32 Å². The molecule has 3 amide bonds. The molecule has 2 aliphatic heterocycles. The minimum Gasteiger partial charge on any atom is -0.354 e. The van der Waals surface area contributed by atoms with Gasteiger partial charge in [0.25, 0.3) is 5.91 Å². The molecule has 0 aromatic heterocycles. The minimum atomic E-state index is -0.651. The van der Waals surface area contributed by atoms with Crippen molar-refractivity contribution in [3.63, 3.8) is 0 Å². The Labute approximate surface area is 110 Å². The van der Waals surface area contributed by atoms with Crippen molar-refractivity contribution in [2.45, 2.75) is 25.3 Å². The van der Waals surface area contributed by atoms with Gasteiger partial charge in [-0.25, -0.2) is 0 Å². The first-order chi connectivity index (χ1) is 9.18. The fourth-order valence-electron chi connectivity index (χ4n) is 2.69. The molecule has 1 N–H and O–H groups in total. The molecule has 19 heavy (non-hydrogen) atoms. The van der Waals surface area contributed by atoms with Crippen molar-refractivity contribution in [1.82, 2.24) is 10.2 Å². The molecule has 1 saturated heterocycles. The van der Waals surface area contributed by atoms with Gasteiger partial charge in [-0.3, -0.25) is 19.3 Å². The summed E-state index contributed by atoms with van der Waals surface area (Å²) in [7, 11) is 0. The Balaban J connectivity index is 1.97. The van der Waals surface area contributed by atoms with Gasteiger partial charge >= 0.3 is 0 Å². The fourth-order valence-corrected chi connectivity index (χ4v) is 2.69. The van der Waals surface area contributed by atoms with E-state index in [0.717, 1.165) is 16.9 Å². The summed E-state index contributed by atoms with van der Waals surface area (Å²) < 4.78 is 0. The molecule has 1 aromatic rings. The van der Waals surface area contributed by atoms with Gasteiger partial charge in [0.1, 0.15) is 6.04 Å². The maximum atomic E-state index is 12.4. The first-order valence-corrected chi connectivity index (χ1v) is 6.40. The summed E-state index contributed by atoms with van der Waals surface area (Å²) in [4.78, 5) is 37.5. The van der Waals surface area contributed by atoms with E-state index in [1.165, 1.54) is 0 Å². The van der Waals surface area contributed by atoms with Crippen LogP contribution in [0.2, 0.25) is 0 Å². The molecule has 3 rings (SSSR count). The highest BCUT2D eigenvalue weighted by Crippen LogP contribution is 2.24. The second-order valence-electron chi connectivity index (χ2n) is 4.85. The number of hydrogen-bond donors (Lipinski definition) is 1. The van der Waals surface area contributed by atoms with Crippen molar-refractivity contribution in [1.29, 1.82) is 0 Å². The average molecular weight is 258 g/mol. The van der Waals surface area contributed by atoms with Crippen molar-refractivity contribution in [2.75, 3.05) is 6.54 Å². The molecule has 0 spiro atoms. The van der Waals surface area contributed by atoms with Crippen LogP contribution in [-0.2, 0) is 16.0 Å². The molecule has 0 saturated carbocycles. The highest BCUT2D eigenvalue weighted by molar-refractivity contribution is 6.12. The van der Waals surface area contributed by atoms with Gasteiger partial charge in [-0.05, 0) is 24.5 Å². The zero-order valence-corrected chi connectivity index (χ0v) is 10.4. The summed E-state index contributed by atoms with van der Waals surface area (Å²) >= 11 is 0. The van der Waals surface area contributed by atoms with E-state index in [2.05, 4.69) is 5.32 Å². The lowest BCUT2D eigenvalue weighted by Crippen LogP contribution is -2.56. The van der Waals surface area contributed by atoms with Crippen molar-refractivity contribution >= 4 is 17.7 Å². The second-order valence-corrected chi connectivity index (χ2v) is 4.85. The summed E-state index contributed by atoms with van der Waals surface area (Å²) in [5.41, 5.74) is 1.27. The third kappa shape index (κ3) is 1.91. The van der Waals surface area contributed by atoms with E-state index >= 15 is 0 Å². The van der Waals surface area contributed by atoms with Gasteiger partial charge in [0.05, 0.1) is 6.42 Å². The number of fused-ring (bicyclic) bond motifs is 1. The molecule has 1 fully saturated rings. The molecule has 0 aliphatic carbocycles. The van der Waals surface area contributed by atoms with E-state index in [0.29, 0.717) is 18.5 Å². The molecule has 2 heterocycles. The topological polar surface area (TPSA) is 66.5 Å². The lowest BCUT2D eigenvalue weighted by Gasteiger charge is -2.34. The monoisotopic (exact) mass is 258 g/mol. The Morgan fingerprint density at radius 3 is 2.74 bits per heavy atom. The maximum Gasteiger partial charge on any atom is 0.261 e. The van der Waals surface area contributed by atoms with Crippen LogP contribution in [0, 0.1) is 0 Å². The number of rotatable bonds is 1. The molecule has 1 aromatic carbocycles. The maximum absolute atomic E-state index is 12.4. The number of carbonyl (C=O) groups excluding carboxylic acids is 3.